The molecule has 0 radical (unpaired) electrons. The quantitative estimate of drug-likeness (QED) is 0.271. The van der Waals surface area contributed by atoms with Crippen LogP contribution in [0.3, 0.4) is 0 Å². The maximum absolute atomic E-state index is 12.8. The van der Waals surface area contributed by atoms with Gasteiger partial charge in [-0.3, -0.25) is 5.41 Å². The van der Waals surface area contributed by atoms with Crippen LogP contribution in [0.25, 0.3) is 0 Å². The summed E-state index contributed by atoms with van der Waals surface area (Å²) in [6.45, 7) is 2.07. The van der Waals surface area contributed by atoms with E-state index in [1.54, 1.807) is 24.3 Å². The predicted molar refractivity (Wildman–Crippen MR) is 116 cm³/mol. The SMILES string of the molecule is CCc1cc(C2CC2)cc(C(Nc2ccc(C(=N)N)cc2)C(=O)OC)c1OCCO. The summed E-state index contributed by atoms with van der Waals surface area (Å²) in [4.78, 5) is 12.8. The van der Waals surface area contributed by atoms with E-state index < -0.39 is 12.0 Å². The van der Waals surface area contributed by atoms with Gasteiger partial charge < -0.3 is 25.6 Å². The lowest BCUT2D eigenvalue weighted by Gasteiger charge is -2.24. The van der Waals surface area contributed by atoms with Crippen molar-refractivity contribution in [3.8, 4) is 5.75 Å². The van der Waals surface area contributed by atoms with Crippen molar-refractivity contribution in [2.75, 3.05) is 25.6 Å². The Bertz CT molecular complexity index is 907. The smallest absolute Gasteiger partial charge is 0.333 e. The molecule has 1 saturated carbocycles. The van der Waals surface area contributed by atoms with Gasteiger partial charge in [0.15, 0.2) is 6.04 Å². The number of hydrogen-bond acceptors (Lipinski definition) is 6. The van der Waals surface area contributed by atoms with Crippen molar-refractivity contribution in [3.63, 3.8) is 0 Å². The topological polar surface area (TPSA) is 118 Å². The van der Waals surface area contributed by atoms with Crippen LogP contribution in [0.4, 0.5) is 5.69 Å². The van der Waals surface area contributed by atoms with Gasteiger partial charge >= 0.3 is 5.97 Å². The van der Waals surface area contributed by atoms with Crippen LogP contribution in [0.5, 0.6) is 5.75 Å². The van der Waals surface area contributed by atoms with Crippen molar-refractivity contribution < 1.29 is 19.4 Å². The summed E-state index contributed by atoms with van der Waals surface area (Å²) in [6.07, 6.45) is 3.03. The van der Waals surface area contributed by atoms with E-state index in [9.17, 15) is 9.90 Å². The van der Waals surface area contributed by atoms with E-state index in [4.69, 9.17) is 20.6 Å². The predicted octanol–water partition coefficient (Wildman–Crippen LogP) is 3.11. The first-order chi connectivity index (χ1) is 14.5. The first-order valence-electron chi connectivity index (χ1n) is 10.2. The maximum Gasteiger partial charge on any atom is 0.333 e. The molecular weight excluding hydrogens is 382 g/mol. The van der Waals surface area contributed by atoms with Crippen molar-refractivity contribution in [3.05, 3.63) is 58.7 Å². The summed E-state index contributed by atoms with van der Waals surface area (Å²) in [5.74, 6) is 0.665. The minimum Gasteiger partial charge on any atom is -0.491 e. The van der Waals surface area contributed by atoms with E-state index in [-0.39, 0.29) is 19.0 Å². The number of amidine groups is 1. The van der Waals surface area contributed by atoms with Crippen LogP contribution in [0.2, 0.25) is 0 Å². The van der Waals surface area contributed by atoms with Crippen molar-refractivity contribution in [2.45, 2.75) is 38.1 Å². The minimum absolute atomic E-state index is 0.0181. The van der Waals surface area contributed by atoms with Gasteiger partial charge in [0.25, 0.3) is 0 Å². The Hall–Kier alpha value is -3.06. The van der Waals surface area contributed by atoms with Crippen LogP contribution in [0.15, 0.2) is 36.4 Å². The maximum atomic E-state index is 12.8. The molecule has 0 saturated heterocycles. The van der Waals surface area contributed by atoms with Gasteiger partial charge in [-0.1, -0.05) is 13.0 Å². The molecule has 2 aromatic rings. The van der Waals surface area contributed by atoms with Crippen molar-refractivity contribution in [2.24, 2.45) is 5.73 Å². The van der Waals surface area contributed by atoms with Gasteiger partial charge in [0.05, 0.1) is 13.7 Å². The Morgan fingerprint density at radius 3 is 2.53 bits per heavy atom. The van der Waals surface area contributed by atoms with Gasteiger partial charge in [0, 0.05) is 16.8 Å². The van der Waals surface area contributed by atoms with Crippen LogP contribution in [-0.4, -0.2) is 37.2 Å². The average molecular weight is 412 g/mol. The Labute approximate surface area is 176 Å². The van der Waals surface area contributed by atoms with E-state index in [2.05, 4.69) is 11.4 Å². The number of aliphatic hydroxyl groups is 1. The first kappa shape index (κ1) is 21.6. The summed E-state index contributed by atoms with van der Waals surface area (Å²) in [7, 11) is 1.36. The van der Waals surface area contributed by atoms with E-state index >= 15 is 0 Å². The molecule has 0 heterocycles. The molecule has 0 spiro atoms. The number of esters is 1. The third kappa shape index (κ3) is 4.91. The number of aryl methyl sites for hydroxylation is 1. The highest BCUT2D eigenvalue weighted by atomic mass is 16.5. The second-order valence-corrected chi connectivity index (χ2v) is 7.39. The third-order valence-corrected chi connectivity index (χ3v) is 5.24. The van der Waals surface area contributed by atoms with Crippen LogP contribution < -0.4 is 15.8 Å². The fourth-order valence-corrected chi connectivity index (χ4v) is 3.49. The van der Waals surface area contributed by atoms with Crippen LogP contribution in [0.1, 0.15) is 54.0 Å². The fraction of sp³-hybridized carbons (Fsp3) is 0.391. The first-order valence-corrected chi connectivity index (χ1v) is 10.2. The van der Waals surface area contributed by atoms with E-state index in [0.717, 1.165) is 24.8 Å². The van der Waals surface area contributed by atoms with Gasteiger partial charge in [0.1, 0.15) is 18.2 Å². The van der Waals surface area contributed by atoms with E-state index in [1.165, 1.54) is 12.7 Å². The Morgan fingerprint density at radius 2 is 2.00 bits per heavy atom. The molecule has 0 bridgehead atoms. The van der Waals surface area contributed by atoms with Crippen LogP contribution in [0, 0.1) is 5.41 Å². The van der Waals surface area contributed by atoms with Crippen molar-refractivity contribution >= 4 is 17.5 Å². The van der Waals surface area contributed by atoms with Gasteiger partial charge in [-0.05, 0) is 66.6 Å². The van der Waals surface area contributed by atoms with Gasteiger partial charge in [0.2, 0.25) is 0 Å². The summed E-state index contributed by atoms with van der Waals surface area (Å²) in [5.41, 5.74) is 9.72. The second kappa shape index (κ2) is 9.63. The normalized spacial score (nSPS) is 14.1. The Kier molecular flexibility index (Phi) is 6.95. The number of nitrogens with two attached hydrogens (primary N) is 1. The molecule has 7 heteroatoms. The number of nitrogens with one attached hydrogen (secondary N) is 2. The summed E-state index contributed by atoms with van der Waals surface area (Å²) in [5, 5.41) is 20.0. The fourth-order valence-electron chi connectivity index (χ4n) is 3.49. The monoisotopic (exact) mass is 411 g/mol. The summed E-state index contributed by atoms with van der Waals surface area (Å²) >= 11 is 0. The lowest BCUT2D eigenvalue weighted by molar-refractivity contribution is -0.141. The Balaban J connectivity index is 2.04. The lowest BCUT2D eigenvalue weighted by atomic mass is 9.95. The number of carbonyl (C=O) groups excluding carboxylic acids is 1. The number of ether oxygens (including phenoxy) is 2. The molecule has 5 N–H and O–H groups in total. The molecule has 1 atom stereocenters. The molecule has 0 aromatic heterocycles. The number of methoxy groups -OCH3 is 1. The molecule has 1 unspecified atom stereocenters. The van der Waals surface area contributed by atoms with Crippen LogP contribution >= 0.6 is 0 Å². The lowest BCUT2D eigenvalue weighted by Crippen LogP contribution is -2.24. The number of aliphatic hydroxyl groups excluding tert-OH is 1. The zero-order valence-corrected chi connectivity index (χ0v) is 17.4. The number of carbonyl (C=O) groups is 1. The van der Waals surface area contributed by atoms with Crippen LogP contribution in [-0.2, 0) is 16.0 Å². The average Bonchev–Trinajstić information content (AvgIpc) is 3.60. The number of benzene rings is 2. The highest BCUT2D eigenvalue weighted by Gasteiger charge is 2.31. The molecule has 7 nitrogen and oxygen atoms in total. The highest BCUT2D eigenvalue weighted by Crippen LogP contribution is 2.44. The standard InChI is InChI=1S/C23H29N3O4/c1-3-14-12-17(15-4-5-15)13-19(21(14)30-11-10-27)20(23(28)29-2)26-18-8-6-16(7-9-18)22(24)25/h6-9,12-13,15,20,26-27H,3-5,10-11H2,1-2H3,(H3,24,25). The molecule has 0 amide bonds. The van der Waals surface area contributed by atoms with Crippen molar-refractivity contribution in [1.29, 1.82) is 5.41 Å². The van der Waals surface area contributed by atoms with Gasteiger partial charge in [-0.2, -0.15) is 0 Å². The molecule has 30 heavy (non-hydrogen) atoms. The molecular formula is C23H29N3O4. The highest BCUT2D eigenvalue weighted by molar-refractivity contribution is 5.95. The van der Waals surface area contributed by atoms with Gasteiger partial charge in [-0.15, -0.1) is 0 Å². The largest absolute Gasteiger partial charge is 0.491 e. The number of hydrogen-bond donors (Lipinski definition) is 4. The van der Waals surface area contributed by atoms with Gasteiger partial charge in [-0.25, -0.2) is 4.79 Å². The van der Waals surface area contributed by atoms with Crippen molar-refractivity contribution in [1.82, 2.24) is 0 Å². The second-order valence-electron chi connectivity index (χ2n) is 7.39. The molecule has 3 rings (SSSR count). The summed E-state index contributed by atoms with van der Waals surface area (Å²) in [6, 6.07) is 10.4. The molecule has 160 valence electrons. The molecule has 1 aliphatic rings. The molecule has 1 aliphatic carbocycles. The van der Waals surface area contributed by atoms with E-state index in [1.807, 2.05) is 13.0 Å². The molecule has 0 aliphatic heterocycles. The summed E-state index contributed by atoms with van der Waals surface area (Å²) < 4.78 is 11.0. The zero-order chi connectivity index (χ0) is 21.7. The number of nitrogen functional groups attached to an aromatic ring is 1. The molecule has 1 fully saturated rings. The minimum atomic E-state index is -0.782. The molecule has 2 aromatic carbocycles. The zero-order valence-electron chi connectivity index (χ0n) is 17.4. The number of anilines is 1. The Morgan fingerprint density at radius 1 is 1.30 bits per heavy atom. The van der Waals surface area contributed by atoms with E-state index in [0.29, 0.717) is 28.5 Å². The third-order valence-electron chi connectivity index (χ3n) is 5.24. The number of rotatable bonds is 10.